The second-order valence-corrected chi connectivity index (χ2v) is 5.72. The number of benzene rings is 1. The first-order chi connectivity index (χ1) is 10.1. The van der Waals surface area contributed by atoms with E-state index in [1.54, 1.807) is 14.2 Å². The molecule has 0 spiro atoms. The summed E-state index contributed by atoms with van der Waals surface area (Å²) in [4.78, 5) is 14.1. The summed E-state index contributed by atoms with van der Waals surface area (Å²) in [6.07, 6.45) is 1.63. The average molecular weight is 291 g/mol. The van der Waals surface area contributed by atoms with E-state index in [1.165, 1.54) is 5.56 Å². The van der Waals surface area contributed by atoms with Crippen LogP contribution in [0.4, 0.5) is 0 Å². The smallest absolute Gasteiger partial charge is 0.160 e. The van der Waals surface area contributed by atoms with Crippen molar-refractivity contribution in [1.82, 2.24) is 4.90 Å². The number of piperidine rings is 1. The van der Waals surface area contributed by atoms with Crippen LogP contribution in [0.3, 0.4) is 0 Å². The topological polar surface area (TPSA) is 38.8 Å². The summed E-state index contributed by atoms with van der Waals surface area (Å²) in [5, 5.41) is 0. The van der Waals surface area contributed by atoms with Crippen LogP contribution in [0.15, 0.2) is 18.2 Å². The molecule has 0 bridgehead atoms. The van der Waals surface area contributed by atoms with Gasteiger partial charge in [0.2, 0.25) is 0 Å². The van der Waals surface area contributed by atoms with Crippen molar-refractivity contribution in [2.24, 2.45) is 5.92 Å². The fourth-order valence-corrected chi connectivity index (χ4v) is 2.89. The Bertz CT molecular complexity index is 501. The highest BCUT2D eigenvalue weighted by Gasteiger charge is 2.30. The fraction of sp³-hybridized carbons (Fsp3) is 0.588. The molecule has 4 nitrogen and oxygen atoms in total. The monoisotopic (exact) mass is 291 g/mol. The van der Waals surface area contributed by atoms with Gasteiger partial charge in [-0.05, 0) is 31.0 Å². The summed E-state index contributed by atoms with van der Waals surface area (Å²) >= 11 is 0. The molecule has 0 amide bonds. The van der Waals surface area contributed by atoms with Crippen molar-refractivity contribution >= 4 is 5.78 Å². The summed E-state index contributed by atoms with van der Waals surface area (Å²) in [5.74, 6) is 2.06. The third-order valence-electron chi connectivity index (χ3n) is 4.59. The van der Waals surface area contributed by atoms with Crippen LogP contribution in [0.1, 0.15) is 25.8 Å². The number of likely N-dealkylation sites (tertiary alicyclic amines) is 1. The van der Waals surface area contributed by atoms with E-state index in [9.17, 15) is 4.79 Å². The van der Waals surface area contributed by atoms with Crippen LogP contribution in [-0.4, -0.2) is 44.0 Å². The van der Waals surface area contributed by atoms with Gasteiger partial charge >= 0.3 is 0 Å². The van der Waals surface area contributed by atoms with Crippen molar-refractivity contribution in [3.05, 3.63) is 23.8 Å². The lowest BCUT2D eigenvalue weighted by atomic mass is 9.90. The number of carbonyl (C=O) groups is 1. The highest BCUT2D eigenvalue weighted by atomic mass is 16.5. The third kappa shape index (κ3) is 3.56. The maximum atomic E-state index is 11.7. The number of carbonyl (C=O) groups excluding carboxylic acids is 1. The van der Waals surface area contributed by atoms with Crippen LogP contribution in [0, 0.1) is 5.92 Å². The van der Waals surface area contributed by atoms with Gasteiger partial charge in [0.1, 0.15) is 5.78 Å². The van der Waals surface area contributed by atoms with Gasteiger partial charge in [-0.2, -0.15) is 0 Å². The molecule has 0 N–H and O–H groups in total. The fourth-order valence-electron chi connectivity index (χ4n) is 2.89. The van der Waals surface area contributed by atoms with Crippen molar-refractivity contribution in [2.75, 3.05) is 27.3 Å². The largest absolute Gasteiger partial charge is 0.493 e. The molecule has 4 heteroatoms. The molecule has 1 aliphatic heterocycles. The summed E-state index contributed by atoms with van der Waals surface area (Å²) in [6, 6.07) is 6.37. The molecule has 1 aliphatic rings. The highest BCUT2D eigenvalue weighted by Crippen LogP contribution is 2.28. The van der Waals surface area contributed by atoms with Gasteiger partial charge in [-0.15, -0.1) is 0 Å². The van der Waals surface area contributed by atoms with E-state index < -0.39 is 0 Å². The zero-order valence-corrected chi connectivity index (χ0v) is 13.4. The van der Waals surface area contributed by atoms with E-state index in [0.29, 0.717) is 18.2 Å². The van der Waals surface area contributed by atoms with Gasteiger partial charge in [0.25, 0.3) is 0 Å². The molecule has 1 saturated heterocycles. The Hall–Kier alpha value is -1.55. The summed E-state index contributed by atoms with van der Waals surface area (Å²) in [6.45, 7) is 6.03. The average Bonchev–Trinajstić information content (AvgIpc) is 2.51. The van der Waals surface area contributed by atoms with Gasteiger partial charge < -0.3 is 9.47 Å². The van der Waals surface area contributed by atoms with Crippen LogP contribution < -0.4 is 9.47 Å². The van der Waals surface area contributed by atoms with Gasteiger partial charge in [0.15, 0.2) is 11.5 Å². The molecule has 116 valence electrons. The Morgan fingerprint density at radius 2 is 1.90 bits per heavy atom. The first kappa shape index (κ1) is 15.8. The maximum absolute atomic E-state index is 11.7. The number of hydrogen-bond donors (Lipinski definition) is 0. The van der Waals surface area contributed by atoms with Gasteiger partial charge in [0.05, 0.1) is 14.2 Å². The van der Waals surface area contributed by atoms with Gasteiger partial charge in [-0.1, -0.05) is 13.0 Å². The summed E-state index contributed by atoms with van der Waals surface area (Å²) < 4.78 is 10.6. The number of Topliss-reactive ketones (excluding diaryl/α,β-unsaturated/α-hetero) is 1. The van der Waals surface area contributed by atoms with Crippen LogP contribution in [0.5, 0.6) is 11.5 Å². The number of methoxy groups -OCH3 is 2. The molecule has 0 aromatic heterocycles. The van der Waals surface area contributed by atoms with Crippen molar-refractivity contribution < 1.29 is 14.3 Å². The van der Waals surface area contributed by atoms with E-state index in [4.69, 9.17) is 9.47 Å². The second kappa shape index (κ2) is 6.94. The van der Waals surface area contributed by atoms with Crippen molar-refractivity contribution in [2.45, 2.75) is 32.7 Å². The molecule has 21 heavy (non-hydrogen) atoms. The minimum atomic E-state index is 0.143. The molecular weight excluding hydrogens is 266 g/mol. The van der Waals surface area contributed by atoms with E-state index in [1.807, 2.05) is 19.1 Å². The lowest BCUT2D eigenvalue weighted by Gasteiger charge is -2.37. The van der Waals surface area contributed by atoms with Crippen molar-refractivity contribution in [3.63, 3.8) is 0 Å². The molecule has 0 aliphatic carbocycles. The SMILES string of the molecule is COc1ccc(CCN2CCC(=O)[C@H](C)[C@H]2C)cc1OC. The van der Waals surface area contributed by atoms with Crippen LogP contribution in [0.25, 0.3) is 0 Å². The highest BCUT2D eigenvalue weighted by molar-refractivity contribution is 5.82. The van der Waals surface area contributed by atoms with Gasteiger partial charge in [-0.25, -0.2) is 0 Å². The molecule has 0 radical (unpaired) electrons. The molecular formula is C17H25NO3. The Kier molecular flexibility index (Phi) is 5.23. The van der Waals surface area contributed by atoms with Crippen molar-refractivity contribution in [3.8, 4) is 11.5 Å². The molecule has 1 aromatic rings. The predicted molar refractivity (Wildman–Crippen MR) is 83.1 cm³/mol. The Labute approximate surface area is 127 Å². The minimum absolute atomic E-state index is 0.143. The Balaban J connectivity index is 1.98. The lowest BCUT2D eigenvalue weighted by molar-refractivity contribution is -0.127. The summed E-state index contributed by atoms with van der Waals surface area (Å²) in [5.41, 5.74) is 1.23. The minimum Gasteiger partial charge on any atom is -0.493 e. The zero-order valence-electron chi connectivity index (χ0n) is 13.4. The van der Waals surface area contributed by atoms with Crippen LogP contribution >= 0.6 is 0 Å². The number of nitrogens with zero attached hydrogens (tertiary/aromatic N) is 1. The molecule has 2 rings (SSSR count). The van der Waals surface area contributed by atoms with Gasteiger partial charge in [-0.3, -0.25) is 9.69 Å². The second-order valence-electron chi connectivity index (χ2n) is 5.72. The Morgan fingerprint density at radius 3 is 2.57 bits per heavy atom. The number of ketones is 1. The molecule has 0 saturated carbocycles. The molecule has 1 heterocycles. The van der Waals surface area contributed by atoms with E-state index in [-0.39, 0.29) is 5.92 Å². The standard InChI is InChI=1S/C17H25NO3/c1-12-13(2)18(10-8-15(12)19)9-7-14-5-6-16(20-3)17(11-14)21-4/h5-6,11-13H,7-10H2,1-4H3/t12-,13-/m1/s1. The van der Waals surface area contributed by atoms with E-state index in [2.05, 4.69) is 17.9 Å². The number of rotatable bonds is 5. The van der Waals surface area contributed by atoms with E-state index >= 15 is 0 Å². The zero-order chi connectivity index (χ0) is 15.4. The molecule has 1 aromatic carbocycles. The first-order valence-corrected chi connectivity index (χ1v) is 7.54. The number of hydrogen-bond acceptors (Lipinski definition) is 4. The molecule has 1 fully saturated rings. The Morgan fingerprint density at radius 1 is 1.19 bits per heavy atom. The molecule has 0 unspecified atom stereocenters. The molecule has 2 atom stereocenters. The first-order valence-electron chi connectivity index (χ1n) is 7.54. The predicted octanol–water partition coefficient (Wildman–Crippen LogP) is 2.55. The quantitative estimate of drug-likeness (QED) is 0.835. The van der Waals surface area contributed by atoms with E-state index in [0.717, 1.165) is 31.0 Å². The van der Waals surface area contributed by atoms with Crippen molar-refractivity contribution in [1.29, 1.82) is 0 Å². The van der Waals surface area contributed by atoms with Crippen LogP contribution in [-0.2, 0) is 11.2 Å². The third-order valence-corrected chi connectivity index (χ3v) is 4.59. The van der Waals surface area contributed by atoms with Gasteiger partial charge in [0, 0.05) is 31.5 Å². The lowest BCUT2D eigenvalue weighted by Crippen LogP contribution is -2.47. The normalized spacial score (nSPS) is 23.1. The maximum Gasteiger partial charge on any atom is 0.160 e. The number of ether oxygens (including phenoxy) is 2. The van der Waals surface area contributed by atoms with Crippen LogP contribution in [0.2, 0.25) is 0 Å². The summed E-state index contributed by atoms with van der Waals surface area (Å²) in [7, 11) is 3.30.